The molecule has 11 nitrogen and oxygen atoms in total. The van der Waals surface area contributed by atoms with Crippen molar-refractivity contribution >= 4 is 34.6 Å². The molecular formula is C38H51N5O6. The summed E-state index contributed by atoms with van der Waals surface area (Å²) in [5.74, 6) is -1.93. The molecule has 11 heteroatoms. The number of rotatable bonds is 7. The molecule has 2 aromatic carbocycles. The molecule has 4 rings (SSSR count). The molecule has 0 aliphatic carbocycles. The Kier molecular flexibility index (Phi) is 13.4. The van der Waals surface area contributed by atoms with Crippen LogP contribution in [0.25, 0.3) is 10.9 Å². The zero-order valence-electron chi connectivity index (χ0n) is 29.0. The van der Waals surface area contributed by atoms with E-state index in [4.69, 9.17) is 10.5 Å². The first-order valence-electron chi connectivity index (χ1n) is 17.2. The number of phenols is 1. The number of allylic oxidation sites excluding steroid dienone is 2. The molecule has 0 saturated heterocycles. The Hall–Kier alpha value is -4.64. The Labute approximate surface area is 288 Å². The fourth-order valence-corrected chi connectivity index (χ4v) is 6.33. The van der Waals surface area contributed by atoms with Crippen LogP contribution in [-0.4, -0.2) is 70.5 Å². The molecule has 1 aliphatic rings. The van der Waals surface area contributed by atoms with Gasteiger partial charge in [-0.25, -0.2) is 0 Å². The lowest BCUT2D eigenvalue weighted by molar-refractivity contribution is -0.149. The van der Waals surface area contributed by atoms with Gasteiger partial charge in [0.25, 0.3) is 0 Å². The predicted molar refractivity (Wildman–Crippen MR) is 189 cm³/mol. The summed E-state index contributed by atoms with van der Waals surface area (Å²) in [5.41, 5.74) is 9.12. The molecule has 49 heavy (non-hydrogen) atoms. The van der Waals surface area contributed by atoms with Crippen molar-refractivity contribution < 1.29 is 29.0 Å². The summed E-state index contributed by atoms with van der Waals surface area (Å²) >= 11 is 0. The highest BCUT2D eigenvalue weighted by molar-refractivity contribution is 5.93. The lowest BCUT2D eigenvalue weighted by atomic mass is 9.98. The van der Waals surface area contributed by atoms with Crippen molar-refractivity contribution in [1.29, 1.82) is 0 Å². The normalized spacial score (nSPS) is 25.0. The van der Waals surface area contributed by atoms with Gasteiger partial charge in [-0.2, -0.15) is 0 Å². The van der Waals surface area contributed by atoms with E-state index in [0.717, 1.165) is 22.0 Å². The summed E-state index contributed by atoms with van der Waals surface area (Å²) in [5, 5.41) is 16.9. The summed E-state index contributed by atoms with van der Waals surface area (Å²) < 4.78 is 5.75. The SMILES string of the molecule is C/C1=C\CCC(C)OC(=O)C[C@H](c2ccc(O)cc2)NC(=O)[C@@H](Cc2c[nH]c3ccccc23)N(C)C(=O)[C@H](CCCCN)NC(=O)[C@@H](C)C1. The maximum Gasteiger partial charge on any atom is 0.308 e. The van der Waals surface area contributed by atoms with Crippen molar-refractivity contribution in [3.05, 3.63) is 77.5 Å². The van der Waals surface area contributed by atoms with Crippen molar-refractivity contribution in [2.24, 2.45) is 11.7 Å². The van der Waals surface area contributed by atoms with Crippen LogP contribution in [0.4, 0.5) is 0 Å². The molecule has 0 bridgehead atoms. The maximum absolute atomic E-state index is 14.4. The highest BCUT2D eigenvalue weighted by Gasteiger charge is 2.35. The summed E-state index contributed by atoms with van der Waals surface area (Å²) in [7, 11) is 1.58. The minimum absolute atomic E-state index is 0.0466. The number of nitrogens with two attached hydrogens (primary N) is 1. The topological polar surface area (TPSA) is 167 Å². The number of likely N-dealkylation sites (N-methyl/N-ethyl adjacent to an activating group) is 1. The van der Waals surface area contributed by atoms with Gasteiger partial charge in [-0.15, -0.1) is 0 Å². The number of aromatic hydroxyl groups is 1. The number of phenolic OH excluding ortho intramolecular Hbond substituents is 1. The average molecular weight is 674 g/mol. The Morgan fingerprint density at radius 1 is 0.959 bits per heavy atom. The van der Waals surface area contributed by atoms with Gasteiger partial charge in [-0.3, -0.25) is 19.2 Å². The number of carbonyl (C=O) groups excluding carboxylic acids is 4. The molecular weight excluding hydrogens is 622 g/mol. The minimum Gasteiger partial charge on any atom is -0.508 e. The average Bonchev–Trinajstić information content (AvgIpc) is 3.48. The van der Waals surface area contributed by atoms with Crippen LogP contribution < -0.4 is 16.4 Å². The maximum atomic E-state index is 14.4. The second-order valence-electron chi connectivity index (χ2n) is 13.3. The van der Waals surface area contributed by atoms with Crippen LogP contribution >= 0.6 is 0 Å². The van der Waals surface area contributed by atoms with Gasteiger partial charge in [-0.05, 0) is 88.2 Å². The molecule has 1 aliphatic heterocycles. The number of aromatic nitrogens is 1. The van der Waals surface area contributed by atoms with E-state index in [2.05, 4.69) is 21.7 Å². The smallest absolute Gasteiger partial charge is 0.308 e. The first-order chi connectivity index (χ1) is 23.5. The van der Waals surface area contributed by atoms with Crippen molar-refractivity contribution in [2.45, 2.75) is 96.4 Å². The molecule has 0 saturated carbocycles. The fraction of sp³-hybridized carbons (Fsp3) is 0.474. The monoisotopic (exact) mass is 673 g/mol. The van der Waals surface area contributed by atoms with E-state index in [1.165, 1.54) is 17.0 Å². The molecule has 6 N–H and O–H groups in total. The Morgan fingerprint density at radius 2 is 1.69 bits per heavy atom. The van der Waals surface area contributed by atoms with Gasteiger partial charge in [-0.1, -0.05) is 48.9 Å². The molecule has 0 radical (unpaired) electrons. The number of esters is 1. The summed E-state index contributed by atoms with van der Waals surface area (Å²) in [4.78, 5) is 60.0. The molecule has 0 spiro atoms. The van der Waals surface area contributed by atoms with Gasteiger partial charge >= 0.3 is 5.97 Å². The number of nitrogens with zero attached hydrogens (tertiary/aromatic N) is 1. The summed E-state index contributed by atoms with van der Waals surface area (Å²) in [6.45, 7) is 6.09. The van der Waals surface area contributed by atoms with Crippen LogP contribution in [0.15, 0.2) is 66.4 Å². The molecule has 3 aromatic rings. The highest BCUT2D eigenvalue weighted by Crippen LogP contribution is 2.25. The van der Waals surface area contributed by atoms with E-state index in [1.807, 2.05) is 51.2 Å². The first kappa shape index (κ1) is 37.2. The number of ether oxygens (including phenoxy) is 1. The number of hydrogen-bond donors (Lipinski definition) is 5. The molecule has 0 fully saturated rings. The minimum atomic E-state index is -1.00. The fourth-order valence-electron chi connectivity index (χ4n) is 6.33. The number of hydrogen-bond acceptors (Lipinski definition) is 7. The van der Waals surface area contributed by atoms with Crippen molar-refractivity contribution in [3.63, 3.8) is 0 Å². The number of cyclic esters (lactones) is 1. The van der Waals surface area contributed by atoms with Crippen LogP contribution in [0.2, 0.25) is 0 Å². The second kappa shape index (κ2) is 17.7. The third kappa shape index (κ3) is 10.4. The van der Waals surface area contributed by atoms with Gasteiger partial charge < -0.3 is 36.1 Å². The molecule has 264 valence electrons. The van der Waals surface area contributed by atoms with Crippen LogP contribution in [0.5, 0.6) is 5.75 Å². The number of fused-ring (bicyclic) bond motifs is 1. The van der Waals surface area contributed by atoms with E-state index in [1.54, 1.807) is 19.2 Å². The Balaban J connectivity index is 1.75. The van der Waals surface area contributed by atoms with E-state index in [0.29, 0.717) is 50.6 Å². The van der Waals surface area contributed by atoms with E-state index >= 15 is 0 Å². The number of unbranched alkanes of at least 4 members (excludes halogenated alkanes) is 1. The quantitative estimate of drug-likeness (QED) is 0.136. The predicted octanol–water partition coefficient (Wildman–Crippen LogP) is 4.80. The largest absolute Gasteiger partial charge is 0.508 e. The molecule has 1 unspecified atom stereocenters. The lowest BCUT2D eigenvalue weighted by Gasteiger charge is -2.32. The van der Waals surface area contributed by atoms with Crippen molar-refractivity contribution in [1.82, 2.24) is 20.5 Å². The molecule has 2 heterocycles. The first-order valence-corrected chi connectivity index (χ1v) is 17.2. The third-order valence-electron chi connectivity index (χ3n) is 9.22. The number of benzene rings is 2. The van der Waals surface area contributed by atoms with Crippen LogP contribution in [0.3, 0.4) is 0 Å². The Morgan fingerprint density at radius 3 is 2.43 bits per heavy atom. The van der Waals surface area contributed by atoms with E-state index in [-0.39, 0.29) is 36.5 Å². The van der Waals surface area contributed by atoms with Crippen LogP contribution in [0.1, 0.15) is 82.9 Å². The number of amides is 3. The van der Waals surface area contributed by atoms with Crippen molar-refractivity contribution in [2.75, 3.05) is 13.6 Å². The van der Waals surface area contributed by atoms with Gasteiger partial charge in [0.1, 0.15) is 17.8 Å². The zero-order valence-corrected chi connectivity index (χ0v) is 29.0. The summed E-state index contributed by atoms with van der Waals surface area (Å²) in [6, 6.07) is 11.3. The van der Waals surface area contributed by atoms with Gasteiger partial charge in [0.2, 0.25) is 17.7 Å². The number of carbonyl (C=O) groups is 4. The molecule has 1 aromatic heterocycles. The lowest BCUT2D eigenvalue weighted by Crippen LogP contribution is -2.56. The van der Waals surface area contributed by atoms with E-state index in [9.17, 15) is 24.3 Å². The standard InChI is InChI=1S/C38H51N5O6/c1-24-10-9-11-26(3)49-35(45)22-33(27-15-17-29(44)18-16-27)42-37(47)34(21-28-23-40-31-13-6-5-12-30(28)31)43(4)38(48)32(14-7-8-19-39)41-36(46)25(2)20-24/h5-6,10,12-13,15-18,23,25-26,32-34,40,44H,7-9,11,14,19-22,39H2,1-4H3,(H,41,46)(H,42,47)/b24-10+/t25-,26?,32-,33+,34+/m0/s1. The summed E-state index contributed by atoms with van der Waals surface area (Å²) in [6.07, 6.45) is 6.97. The number of H-pyrrole nitrogens is 1. The zero-order chi connectivity index (χ0) is 35.5. The molecule has 3 amide bonds. The van der Waals surface area contributed by atoms with Crippen LogP contribution in [-0.2, 0) is 30.3 Å². The second-order valence-corrected chi connectivity index (χ2v) is 13.3. The van der Waals surface area contributed by atoms with Gasteiger partial charge in [0, 0.05) is 36.5 Å². The number of para-hydroxylation sites is 1. The van der Waals surface area contributed by atoms with Crippen molar-refractivity contribution in [3.8, 4) is 5.75 Å². The Bertz CT molecular complexity index is 1620. The van der Waals surface area contributed by atoms with Crippen LogP contribution in [0, 0.1) is 5.92 Å². The van der Waals surface area contributed by atoms with Gasteiger partial charge in [0.05, 0.1) is 18.6 Å². The van der Waals surface area contributed by atoms with E-state index < -0.39 is 35.9 Å². The number of nitrogens with one attached hydrogen (secondary N) is 3. The highest BCUT2D eigenvalue weighted by atomic mass is 16.5. The molecule has 5 atom stereocenters. The number of aromatic amines is 1. The van der Waals surface area contributed by atoms with Gasteiger partial charge in [0.15, 0.2) is 0 Å². The third-order valence-corrected chi connectivity index (χ3v) is 9.22.